The summed E-state index contributed by atoms with van der Waals surface area (Å²) in [6, 6.07) is 1.15. The minimum Gasteiger partial charge on any atom is -0.480 e. The van der Waals surface area contributed by atoms with Crippen molar-refractivity contribution in [3.05, 3.63) is 12.4 Å². The highest BCUT2D eigenvalue weighted by atomic mass is 16.4. The first-order valence-electron chi connectivity index (χ1n) is 6.23. The summed E-state index contributed by atoms with van der Waals surface area (Å²) in [7, 11) is 0. The van der Waals surface area contributed by atoms with Crippen LogP contribution in [0.25, 0.3) is 0 Å². The van der Waals surface area contributed by atoms with E-state index in [0.29, 0.717) is 5.82 Å². The summed E-state index contributed by atoms with van der Waals surface area (Å²) in [4.78, 5) is 21.3. The number of carboxylic acid groups (broad SMARTS) is 1. The fourth-order valence-electron chi connectivity index (χ4n) is 2.01. The second-order valence-electron chi connectivity index (χ2n) is 4.51. The molecule has 0 saturated carbocycles. The van der Waals surface area contributed by atoms with Gasteiger partial charge >= 0.3 is 5.97 Å². The fraction of sp³-hybridized carbons (Fsp3) is 0.583. The van der Waals surface area contributed by atoms with E-state index in [1.807, 2.05) is 6.07 Å². The Morgan fingerprint density at radius 1 is 1.39 bits per heavy atom. The van der Waals surface area contributed by atoms with E-state index in [0.717, 1.165) is 18.9 Å². The number of rotatable bonds is 4. The van der Waals surface area contributed by atoms with Gasteiger partial charge in [-0.05, 0) is 26.2 Å². The van der Waals surface area contributed by atoms with Crippen molar-refractivity contribution >= 4 is 17.6 Å². The van der Waals surface area contributed by atoms with Crippen LogP contribution in [0.3, 0.4) is 0 Å². The van der Waals surface area contributed by atoms with E-state index in [1.54, 1.807) is 6.92 Å². The molecular formula is C12H18N4O2. The smallest absolute Gasteiger partial charge is 0.325 e. The predicted molar refractivity (Wildman–Crippen MR) is 68.8 cm³/mol. The lowest BCUT2D eigenvalue weighted by atomic mass is 10.1. The predicted octanol–water partition coefficient (Wildman–Crippen LogP) is 1.35. The average Bonchev–Trinajstić information content (AvgIpc) is 2.40. The summed E-state index contributed by atoms with van der Waals surface area (Å²) in [6.45, 7) is 3.60. The molecule has 6 nitrogen and oxygen atoms in total. The van der Waals surface area contributed by atoms with E-state index in [2.05, 4.69) is 20.2 Å². The molecule has 0 aromatic carbocycles. The highest BCUT2D eigenvalue weighted by Crippen LogP contribution is 2.19. The van der Waals surface area contributed by atoms with Crippen LogP contribution in [0.4, 0.5) is 11.6 Å². The number of aliphatic carboxylic acids is 1. The van der Waals surface area contributed by atoms with Gasteiger partial charge in [0.15, 0.2) is 0 Å². The van der Waals surface area contributed by atoms with Crippen molar-refractivity contribution in [1.29, 1.82) is 0 Å². The van der Waals surface area contributed by atoms with Gasteiger partial charge in [-0.25, -0.2) is 9.97 Å². The Bertz CT molecular complexity index is 418. The van der Waals surface area contributed by atoms with Gasteiger partial charge < -0.3 is 15.3 Å². The van der Waals surface area contributed by atoms with Crippen LogP contribution < -0.4 is 10.2 Å². The van der Waals surface area contributed by atoms with Crippen LogP contribution in [0.15, 0.2) is 12.4 Å². The molecule has 98 valence electrons. The number of nitrogens with one attached hydrogen (secondary N) is 1. The highest BCUT2D eigenvalue weighted by Gasteiger charge is 2.15. The van der Waals surface area contributed by atoms with Crippen LogP contribution in [-0.2, 0) is 4.79 Å². The van der Waals surface area contributed by atoms with Crippen molar-refractivity contribution < 1.29 is 9.90 Å². The van der Waals surface area contributed by atoms with Crippen molar-refractivity contribution in [2.45, 2.75) is 32.2 Å². The quantitative estimate of drug-likeness (QED) is 0.840. The molecule has 0 unspecified atom stereocenters. The van der Waals surface area contributed by atoms with Gasteiger partial charge in [0.2, 0.25) is 0 Å². The summed E-state index contributed by atoms with van der Waals surface area (Å²) < 4.78 is 0. The van der Waals surface area contributed by atoms with Crippen molar-refractivity contribution in [1.82, 2.24) is 9.97 Å². The SMILES string of the molecule is C[C@H](Nc1cc(N2CCCCC2)ncn1)C(=O)O. The summed E-state index contributed by atoms with van der Waals surface area (Å²) in [6.07, 6.45) is 5.10. The lowest BCUT2D eigenvalue weighted by Gasteiger charge is -2.27. The third kappa shape index (κ3) is 3.09. The lowest BCUT2D eigenvalue weighted by molar-refractivity contribution is -0.137. The Morgan fingerprint density at radius 2 is 2.11 bits per heavy atom. The van der Waals surface area contributed by atoms with Crippen molar-refractivity contribution in [2.24, 2.45) is 0 Å². The molecular weight excluding hydrogens is 232 g/mol. The van der Waals surface area contributed by atoms with E-state index >= 15 is 0 Å². The monoisotopic (exact) mass is 250 g/mol. The van der Waals surface area contributed by atoms with Gasteiger partial charge in [0.25, 0.3) is 0 Å². The maximum absolute atomic E-state index is 10.8. The molecule has 0 radical (unpaired) electrons. The van der Waals surface area contributed by atoms with Gasteiger partial charge in [-0.2, -0.15) is 0 Å². The van der Waals surface area contributed by atoms with E-state index < -0.39 is 12.0 Å². The van der Waals surface area contributed by atoms with Gasteiger partial charge in [-0.1, -0.05) is 0 Å². The van der Waals surface area contributed by atoms with Crippen molar-refractivity contribution in [2.75, 3.05) is 23.3 Å². The van der Waals surface area contributed by atoms with Crippen LogP contribution in [0.1, 0.15) is 26.2 Å². The molecule has 0 aliphatic carbocycles. The minimum atomic E-state index is -0.895. The molecule has 1 aliphatic rings. The number of hydrogen-bond acceptors (Lipinski definition) is 5. The zero-order valence-corrected chi connectivity index (χ0v) is 10.5. The molecule has 2 heterocycles. The zero-order valence-electron chi connectivity index (χ0n) is 10.5. The molecule has 6 heteroatoms. The van der Waals surface area contributed by atoms with E-state index in [4.69, 9.17) is 5.11 Å². The van der Waals surface area contributed by atoms with Gasteiger partial charge in [-0.3, -0.25) is 4.79 Å². The Morgan fingerprint density at radius 3 is 2.78 bits per heavy atom. The second kappa shape index (κ2) is 5.66. The summed E-state index contributed by atoms with van der Waals surface area (Å²) in [5.74, 6) is 0.526. The van der Waals surface area contributed by atoms with Crippen molar-refractivity contribution in [3.63, 3.8) is 0 Å². The van der Waals surface area contributed by atoms with Gasteiger partial charge in [-0.15, -0.1) is 0 Å². The van der Waals surface area contributed by atoms with Crippen LogP contribution in [-0.4, -0.2) is 40.2 Å². The molecule has 1 fully saturated rings. The molecule has 1 saturated heterocycles. The molecule has 18 heavy (non-hydrogen) atoms. The van der Waals surface area contributed by atoms with Crippen molar-refractivity contribution in [3.8, 4) is 0 Å². The van der Waals surface area contributed by atoms with Crippen LogP contribution in [0.2, 0.25) is 0 Å². The molecule has 0 spiro atoms. The average molecular weight is 250 g/mol. The molecule has 2 rings (SSSR count). The zero-order chi connectivity index (χ0) is 13.0. The summed E-state index contributed by atoms with van der Waals surface area (Å²) in [5.41, 5.74) is 0. The Labute approximate surface area is 106 Å². The second-order valence-corrected chi connectivity index (χ2v) is 4.51. The molecule has 0 amide bonds. The highest BCUT2D eigenvalue weighted by molar-refractivity contribution is 5.76. The molecule has 2 N–H and O–H groups in total. The van der Waals surface area contributed by atoms with E-state index in [-0.39, 0.29) is 0 Å². The standard InChI is InChI=1S/C12H18N4O2/c1-9(12(17)18)15-10-7-11(14-8-13-10)16-5-3-2-4-6-16/h7-9H,2-6H2,1H3,(H,17,18)(H,13,14,15)/t9-/m0/s1. The maximum atomic E-state index is 10.8. The molecule has 1 aromatic heterocycles. The Balaban J connectivity index is 2.06. The van der Waals surface area contributed by atoms with Crippen LogP contribution in [0, 0.1) is 0 Å². The number of aromatic nitrogens is 2. The molecule has 0 bridgehead atoms. The number of carboxylic acids is 1. The first kappa shape index (κ1) is 12.6. The Kier molecular flexibility index (Phi) is 3.96. The number of carbonyl (C=O) groups is 1. The van der Waals surface area contributed by atoms with E-state index in [1.165, 1.54) is 25.6 Å². The number of anilines is 2. The molecule has 1 aromatic rings. The Hall–Kier alpha value is -1.85. The normalized spacial score (nSPS) is 17.3. The third-order valence-corrected chi connectivity index (χ3v) is 3.07. The van der Waals surface area contributed by atoms with Crippen LogP contribution in [0.5, 0.6) is 0 Å². The molecule has 1 atom stereocenters. The van der Waals surface area contributed by atoms with Crippen LogP contribution >= 0.6 is 0 Å². The third-order valence-electron chi connectivity index (χ3n) is 3.07. The summed E-state index contributed by atoms with van der Waals surface area (Å²) >= 11 is 0. The number of nitrogens with zero attached hydrogens (tertiary/aromatic N) is 3. The fourth-order valence-corrected chi connectivity index (χ4v) is 2.01. The maximum Gasteiger partial charge on any atom is 0.325 e. The van der Waals surface area contributed by atoms with Gasteiger partial charge in [0.05, 0.1) is 0 Å². The lowest BCUT2D eigenvalue weighted by Crippen LogP contribution is -2.30. The van der Waals surface area contributed by atoms with E-state index in [9.17, 15) is 4.79 Å². The first-order chi connectivity index (χ1) is 8.66. The largest absolute Gasteiger partial charge is 0.480 e. The topological polar surface area (TPSA) is 78.3 Å². The number of piperidine rings is 1. The summed E-state index contributed by atoms with van der Waals surface area (Å²) in [5, 5.41) is 11.7. The molecule has 1 aliphatic heterocycles. The van der Waals surface area contributed by atoms with Gasteiger partial charge in [0, 0.05) is 19.2 Å². The minimum absolute atomic E-state index is 0.556. The van der Waals surface area contributed by atoms with Gasteiger partial charge in [0.1, 0.15) is 24.0 Å². The number of hydrogen-bond donors (Lipinski definition) is 2. The first-order valence-corrected chi connectivity index (χ1v) is 6.23.